The Morgan fingerprint density at radius 2 is 1.82 bits per heavy atom. The van der Waals surface area contributed by atoms with Gasteiger partial charge in [-0.2, -0.15) is 0 Å². The fraction of sp³-hybridized carbons (Fsp3) is 0.400. The lowest BCUT2D eigenvalue weighted by Crippen LogP contribution is -2.48. The summed E-state index contributed by atoms with van der Waals surface area (Å²) in [6.45, 7) is 8.59. The van der Waals surface area contributed by atoms with Gasteiger partial charge in [-0.1, -0.05) is 30.0 Å². The normalized spacial score (nSPS) is 21.2. The quantitative estimate of drug-likeness (QED) is 0.397. The van der Waals surface area contributed by atoms with Crippen LogP contribution in [-0.2, 0) is 20.7 Å². The van der Waals surface area contributed by atoms with E-state index in [2.05, 4.69) is 33.3 Å². The first-order valence-corrected chi connectivity index (χ1v) is 14.3. The van der Waals surface area contributed by atoms with Gasteiger partial charge in [-0.05, 0) is 49.6 Å². The van der Waals surface area contributed by atoms with Crippen molar-refractivity contribution < 1.29 is 18.7 Å². The van der Waals surface area contributed by atoms with Crippen LogP contribution in [0.25, 0.3) is 11.3 Å². The van der Waals surface area contributed by atoms with Crippen molar-refractivity contribution in [1.82, 2.24) is 4.90 Å². The molecule has 1 N–H and O–H groups in total. The summed E-state index contributed by atoms with van der Waals surface area (Å²) < 4.78 is 17.5. The maximum atomic E-state index is 12.8. The molecule has 1 amide bonds. The van der Waals surface area contributed by atoms with Crippen LogP contribution in [0.3, 0.4) is 0 Å². The van der Waals surface area contributed by atoms with Crippen LogP contribution in [0.2, 0.25) is 0 Å². The van der Waals surface area contributed by atoms with Crippen molar-refractivity contribution in [3.8, 4) is 11.3 Å². The second-order valence-corrected chi connectivity index (χ2v) is 11.5. The number of amides is 1. The number of nitrogens with one attached hydrogen (secondary N) is 1. The fourth-order valence-electron chi connectivity index (χ4n) is 5.60. The highest BCUT2D eigenvalue weighted by Gasteiger charge is 2.25. The molecule has 6 rings (SSSR count). The number of nitrogens with zero attached hydrogens (tertiary/aromatic N) is 2. The van der Waals surface area contributed by atoms with Crippen molar-refractivity contribution in [2.24, 2.45) is 0 Å². The summed E-state index contributed by atoms with van der Waals surface area (Å²) in [4.78, 5) is 31.8. The minimum Gasteiger partial charge on any atom is -0.440 e. The predicted molar refractivity (Wildman–Crippen MR) is 152 cm³/mol. The standard InChI is InChI=1S/C30H33N3O5S/c1-19-16-32(17-20(2)37-19)18-28(35)31-23-6-7-27-22(13-23)12-21-4-3-5-25(30(21)39-27)26-14-24(34)15-29(38-26)33-8-10-36-11-9-33/h3-7,13-15,19-20H,8-12,16-18H2,1-2H3,(H,31,35)/t19-,20-/m1/s1. The van der Waals surface area contributed by atoms with Crippen LogP contribution in [0.5, 0.6) is 0 Å². The number of benzene rings is 2. The summed E-state index contributed by atoms with van der Waals surface area (Å²) >= 11 is 1.68. The third kappa shape index (κ3) is 5.91. The molecule has 3 aliphatic rings. The van der Waals surface area contributed by atoms with Crippen molar-refractivity contribution in [3.63, 3.8) is 0 Å². The molecule has 0 saturated carbocycles. The highest BCUT2D eigenvalue weighted by molar-refractivity contribution is 7.99. The molecule has 1 aromatic heterocycles. The van der Waals surface area contributed by atoms with E-state index in [4.69, 9.17) is 13.9 Å². The number of carbonyl (C=O) groups excluding carboxylic acids is 1. The molecule has 0 spiro atoms. The predicted octanol–water partition coefficient (Wildman–Crippen LogP) is 4.25. The Labute approximate surface area is 232 Å². The number of rotatable bonds is 5. The number of anilines is 2. The van der Waals surface area contributed by atoms with Crippen LogP contribution in [0.1, 0.15) is 25.0 Å². The third-order valence-electron chi connectivity index (χ3n) is 7.24. The minimum absolute atomic E-state index is 0.0161. The van der Waals surface area contributed by atoms with E-state index in [9.17, 15) is 9.59 Å². The van der Waals surface area contributed by atoms with Gasteiger partial charge < -0.3 is 24.1 Å². The SMILES string of the molecule is C[C@@H]1CN(CC(=O)Nc2ccc3c(c2)Cc2cccc(-c4cc(=O)cc(N5CCOCC5)o4)c2S3)C[C@@H](C)O1. The van der Waals surface area contributed by atoms with Gasteiger partial charge in [0.1, 0.15) is 5.76 Å². The van der Waals surface area contributed by atoms with Crippen molar-refractivity contribution in [1.29, 1.82) is 0 Å². The molecule has 9 heteroatoms. The molecule has 4 heterocycles. The summed E-state index contributed by atoms with van der Waals surface area (Å²) in [6, 6.07) is 15.4. The molecule has 39 heavy (non-hydrogen) atoms. The molecule has 3 aromatic rings. The van der Waals surface area contributed by atoms with E-state index >= 15 is 0 Å². The fourth-order valence-corrected chi connectivity index (χ4v) is 6.77. The topological polar surface area (TPSA) is 84.3 Å². The van der Waals surface area contributed by atoms with Gasteiger partial charge in [0.05, 0.1) is 32.0 Å². The maximum absolute atomic E-state index is 12.8. The molecule has 8 nitrogen and oxygen atoms in total. The molecule has 2 atom stereocenters. The van der Waals surface area contributed by atoms with E-state index in [-0.39, 0.29) is 23.5 Å². The van der Waals surface area contributed by atoms with Crippen molar-refractivity contribution in [3.05, 3.63) is 69.9 Å². The van der Waals surface area contributed by atoms with Crippen LogP contribution in [0, 0.1) is 0 Å². The Morgan fingerprint density at radius 1 is 1.03 bits per heavy atom. The number of carbonyl (C=O) groups is 1. The molecular formula is C30H33N3O5S. The zero-order chi connectivity index (χ0) is 26.9. The summed E-state index contributed by atoms with van der Waals surface area (Å²) in [6.07, 6.45) is 0.991. The van der Waals surface area contributed by atoms with Crippen LogP contribution in [0.4, 0.5) is 11.6 Å². The number of fused-ring (bicyclic) bond motifs is 2. The second kappa shape index (κ2) is 11.2. The van der Waals surface area contributed by atoms with Crippen LogP contribution in [0.15, 0.2) is 67.5 Å². The lowest BCUT2D eigenvalue weighted by Gasteiger charge is -2.34. The van der Waals surface area contributed by atoms with E-state index < -0.39 is 0 Å². The smallest absolute Gasteiger partial charge is 0.238 e. The van der Waals surface area contributed by atoms with Crippen LogP contribution >= 0.6 is 11.8 Å². The number of morpholine rings is 2. The average molecular weight is 548 g/mol. The Kier molecular flexibility index (Phi) is 7.49. The molecule has 2 aromatic carbocycles. The summed E-state index contributed by atoms with van der Waals surface area (Å²) in [5.74, 6) is 1.14. The Morgan fingerprint density at radius 3 is 2.62 bits per heavy atom. The third-order valence-corrected chi connectivity index (χ3v) is 8.54. The van der Waals surface area contributed by atoms with Crippen molar-refractivity contribution in [2.45, 2.75) is 42.3 Å². The van der Waals surface area contributed by atoms with Gasteiger partial charge in [0.2, 0.25) is 5.91 Å². The van der Waals surface area contributed by atoms with Crippen molar-refractivity contribution in [2.75, 3.05) is 56.2 Å². The van der Waals surface area contributed by atoms with E-state index in [1.165, 1.54) is 11.1 Å². The Bertz CT molecular complexity index is 1420. The molecule has 2 fully saturated rings. The molecule has 0 radical (unpaired) electrons. The zero-order valence-electron chi connectivity index (χ0n) is 22.3. The maximum Gasteiger partial charge on any atom is 0.238 e. The lowest BCUT2D eigenvalue weighted by molar-refractivity contribution is -0.121. The van der Waals surface area contributed by atoms with E-state index in [0.29, 0.717) is 44.5 Å². The summed E-state index contributed by atoms with van der Waals surface area (Å²) in [5.41, 5.74) is 3.99. The Hall–Kier alpha value is -3.11. The molecule has 0 unspecified atom stereocenters. The van der Waals surface area contributed by atoms with Gasteiger partial charge >= 0.3 is 0 Å². The zero-order valence-corrected chi connectivity index (χ0v) is 23.1. The van der Waals surface area contributed by atoms with Crippen molar-refractivity contribution >= 4 is 29.2 Å². The molecule has 204 valence electrons. The molecule has 2 saturated heterocycles. The first-order chi connectivity index (χ1) is 18.9. The number of hydrogen-bond acceptors (Lipinski definition) is 8. The molecule has 0 bridgehead atoms. The summed E-state index contributed by atoms with van der Waals surface area (Å²) in [7, 11) is 0. The number of ether oxygens (including phenoxy) is 2. The highest BCUT2D eigenvalue weighted by Crippen LogP contribution is 2.45. The molecule has 0 aliphatic carbocycles. The monoisotopic (exact) mass is 547 g/mol. The largest absolute Gasteiger partial charge is 0.440 e. The molecule has 3 aliphatic heterocycles. The number of hydrogen-bond donors (Lipinski definition) is 1. The first-order valence-electron chi connectivity index (χ1n) is 13.5. The van der Waals surface area contributed by atoms with Gasteiger partial charge in [-0.25, -0.2) is 0 Å². The van der Waals surface area contributed by atoms with Gasteiger partial charge in [-0.3, -0.25) is 14.5 Å². The lowest BCUT2D eigenvalue weighted by atomic mass is 10.00. The molecular weight excluding hydrogens is 514 g/mol. The second-order valence-electron chi connectivity index (χ2n) is 10.5. The highest BCUT2D eigenvalue weighted by atomic mass is 32.2. The first kappa shape index (κ1) is 26.1. The van der Waals surface area contributed by atoms with E-state index in [1.54, 1.807) is 23.9 Å². The van der Waals surface area contributed by atoms with Crippen LogP contribution < -0.4 is 15.6 Å². The van der Waals surface area contributed by atoms with Crippen LogP contribution in [-0.4, -0.2) is 69.0 Å². The van der Waals surface area contributed by atoms with Gasteiger partial charge in [0.25, 0.3) is 0 Å². The minimum atomic E-state index is -0.0714. The summed E-state index contributed by atoms with van der Waals surface area (Å²) in [5, 5.41) is 3.08. The van der Waals surface area contributed by atoms with Gasteiger partial charge in [-0.15, -0.1) is 0 Å². The Balaban J connectivity index is 1.20. The van der Waals surface area contributed by atoms with Gasteiger partial charge in [0.15, 0.2) is 11.3 Å². The van der Waals surface area contributed by atoms with Gasteiger partial charge in [0, 0.05) is 59.4 Å². The van der Waals surface area contributed by atoms with E-state index in [1.807, 2.05) is 32.0 Å². The average Bonchev–Trinajstić information content (AvgIpc) is 2.91. The van der Waals surface area contributed by atoms with E-state index in [0.717, 1.165) is 40.6 Å².